The smallest absolute Gasteiger partial charge is 0.244 e. The van der Waals surface area contributed by atoms with Crippen LogP contribution in [0.1, 0.15) is 12.5 Å². The Morgan fingerprint density at radius 2 is 2.12 bits per heavy atom. The van der Waals surface area contributed by atoms with E-state index in [1.807, 2.05) is 24.3 Å². The van der Waals surface area contributed by atoms with Crippen LogP contribution in [0.25, 0.3) is 6.08 Å². The van der Waals surface area contributed by atoms with Crippen molar-refractivity contribution in [2.45, 2.75) is 13.0 Å². The van der Waals surface area contributed by atoms with Crippen molar-refractivity contribution in [1.82, 2.24) is 5.32 Å². The fourth-order valence-corrected chi connectivity index (χ4v) is 1.35. The number of carbonyl (C=O) groups is 1. The summed E-state index contributed by atoms with van der Waals surface area (Å²) in [6.07, 6.45) is 3.18. The van der Waals surface area contributed by atoms with Gasteiger partial charge in [-0.15, -0.1) is 0 Å². The van der Waals surface area contributed by atoms with E-state index in [9.17, 15) is 4.79 Å². The number of hydrogen-bond acceptors (Lipinski definition) is 2. The molecule has 1 atom stereocenters. The normalized spacial score (nSPS) is 12.7. The first-order valence-electron chi connectivity index (χ1n) is 4.97. The van der Waals surface area contributed by atoms with Gasteiger partial charge >= 0.3 is 0 Å². The van der Waals surface area contributed by atoms with Crippen molar-refractivity contribution < 1.29 is 9.90 Å². The molecule has 0 saturated heterocycles. The zero-order valence-corrected chi connectivity index (χ0v) is 10.6. The maximum absolute atomic E-state index is 11.3. The number of nitrogens with one attached hydrogen (secondary N) is 1. The number of benzene rings is 1. The molecule has 1 aromatic rings. The molecule has 1 amide bonds. The highest BCUT2D eigenvalue weighted by Crippen LogP contribution is 2.11. The molecule has 0 fully saturated rings. The molecule has 4 heteroatoms. The predicted molar refractivity (Wildman–Crippen MR) is 67.9 cm³/mol. The van der Waals surface area contributed by atoms with E-state index >= 15 is 0 Å². The molecule has 0 aromatic heterocycles. The molecule has 16 heavy (non-hydrogen) atoms. The Morgan fingerprint density at radius 3 is 2.69 bits per heavy atom. The number of aliphatic hydroxyl groups excluding tert-OH is 1. The van der Waals surface area contributed by atoms with Crippen molar-refractivity contribution >= 4 is 27.9 Å². The highest BCUT2D eigenvalue weighted by Gasteiger charge is 2.01. The molecule has 0 unspecified atom stereocenters. The molecule has 0 aliphatic heterocycles. The van der Waals surface area contributed by atoms with Crippen molar-refractivity contribution in [3.63, 3.8) is 0 Å². The Morgan fingerprint density at radius 1 is 1.50 bits per heavy atom. The number of aliphatic hydroxyl groups is 1. The van der Waals surface area contributed by atoms with Gasteiger partial charge in [0, 0.05) is 16.6 Å². The zero-order chi connectivity index (χ0) is 12.0. The summed E-state index contributed by atoms with van der Waals surface area (Å²) in [5.41, 5.74) is 0.954. The lowest BCUT2D eigenvalue weighted by Gasteiger charge is -2.07. The Balaban J connectivity index is 2.53. The van der Waals surface area contributed by atoms with Gasteiger partial charge < -0.3 is 10.4 Å². The maximum atomic E-state index is 11.3. The molecule has 0 spiro atoms. The second-order valence-electron chi connectivity index (χ2n) is 3.48. The van der Waals surface area contributed by atoms with Crippen LogP contribution in [-0.2, 0) is 4.79 Å². The van der Waals surface area contributed by atoms with Crippen LogP contribution in [-0.4, -0.2) is 23.7 Å². The maximum Gasteiger partial charge on any atom is 0.244 e. The Labute approximate surface area is 103 Å². The molecule has 0 saturated carbocycles. The third-order valence-electron chi connectivity index (χ3n) is 1.96. The lowest BCUT2D eigenvalue weighted by Crippen LogP contribution is -2.33. The summed E-state index contributed by atoms with van der Waals surface area (Å²) in [6, 6.07) is 7.41. The van der Waals surface area contributed by atoms with E-state index in [4.69, 9.17) is 5.11 Å². The van der Waals surface area contributed by atoms with Crippen LogP contribution in [0.15, 0.2) is 34.8 Å². The van der Waals surface area contributed by atoms with Gasteiger partial charge in [0.15, 0.2) is 0 Å². The summed E-state index contributed by atoms with van der Waals surface area (Å²) in [7, 11) is 0. The molecule has 1 aromatic carbocycles. The Bertz CT molecular complexity index is 373. The van der Waals surface area contributed by atoms with E-state index in [1.54, 1.807) is 13.0 Å². The van der Waals surface area contributed by atoms with E-state index < -0.39 is 0 Å². The van der Waals surface area contributed by atoms with Gasteiger partial charge in [-0.1, -0.05) is 28.1 Å². The van der Waals surface area contributed by atoms with Crippen molar-refractivity contribution in [3.05, 3.63) is 40.4 Å². The van der Waals surface area contributed by atoms with Crippen molar-refractivity contribution in [2.75, 3.05) is 6.61 Å². The molecular weight excluding hydrogens is 270 g/mol. The molecule has 2 N–H and O–H groups in total. The van der Waals surface area contributed by atoms with Gasteiger partial charge in [0.25, 0.3) is 0 Å². The largest absolute Gasteiger partial charge is 0.394 e. The van der Waals surface area contributed by atoms with E-state index in [1.165, 1.54) is 6.08 Å². The third kappa shape index (κ3) is 4.59. The molecule has 0 heterocycles. The van der Waals surface area contributed by atoms with E-state index in [0.717, 1.165) is 10.0 Å². The first-order chi connectivity index (χ1) is 7.61. The second kappa shape index (κ2) is 6.45. The second-order valence-corrected chi connectivity index (χ2v) is 4.39. The van der Waals surface area contributed by atoms with Gasteiger partial charge in [-0.05, 0) is 30.7 Å². The first kappa shape index (κ1) is 12.9. The average molecular weight is 284 g/mol. The van der Waals surface area contributed by atoms with Crippen LogP contribution in [0.2, 0.25) is 0 Å². The monoisotopic (exact) mass is 283 g/mol. The molecule has 3 nitrogen and oxygen atoms in total. The SMILES string of the molecule is C[C@@H](CO)NC(=O)C=Cc1ccc(Br)cc1. The van der Waals surface area contributed by atoms with E-state index in [2.05, 4.69) is 21.2 Å². The fourth-order valence-electron chi connectivity index (χ4n) is 1.08. The molecule has 0 radical (unpaired) electrons. The minimum absolute atomic E-state index is 0.0577. The number of amides is 1. The highest BCUT2D eigenvalue weighted by atomic mass is 79.9. The summed E-state index contributed by atoms with van der Waals surface area (Å²) in [4.78, 5) is 11.3. The lowest BCUT2D eigenvalue weighted by molar-refractivity contribution is -0.117. The highest BCUT2D eigenvalue weighted by molar-refractivity contribution is 9.10. The quantitative estimate of drug-likeness (QED) is 0.830. The molecule has 0 bridgehead atoms. The van der Waals surface area contributed by atoms with Crippen LogP contribution in [0, 0.1) is 0 Å². The molecule has 0 aliphatic rings. The third-order valence-corrected chi connectivity index (χ3v) is 2.49. The molecule has 86 valence electrons. The lowest BCUT2D eigenvalue weighted by atomic mass is 10.2. The average Bonchev–Trinajstić information content (AvgIpc) is 2.28. The first-order valence-corrected chi connectivity index (χ1v) is 5.76. The molecule has 0 aliphatic carbocycles. The van der Waals surface area contributed by atoms with Gasteiger partial charge in [-0.3, -0.25) is 4.79 Å². The predicted octanol–water partition coefficient (Wildman–Crippen LogP) is 1.96. The number of carbonyl (C=O) groups excluding carboxylic acids is 1. The van der Waals surface area contributed by atoms with E-state index in [0.29, 0.717) is 0 Å². The van der Waals surface area contributed by atoms with Gasteiger partial charge in [-0.2, -0.15) is 0 Å². The summed E-state index contributed by atoms with van der Waals surface area (Å²) in [6.45, 7) is 1.68. The molecular formula is C12H14BrNO2. The van der Waals surface area contributed by atoms with Gasteiger partial charge in [0.05, 0.1) is 6.61 Å². The van der Waals surface area contributed by atoms with Gasteiger partial charge in [0.1, 0.15) is 0 Å². The van der Waals surface area contributed by atoms with E-state index in [-0.39, 0.29) is 18.6 Å². The summed E-state index contributed by atoms with van der Waals surface area (Å²) in [5.74, 6) is -0.204. The van der Waals surface area contributed by atoms with Gasteiger partial charge in [0.2, 0.25) is 5.91 Å². The Hall–Kier alpha value is -1.13. The Kier molecular flexibility index (Phi) is 5.22. The van der Waals surface area contributed by atoms with Crippen molar-refractivity contribution in [3.8, 4) is 0 Å². The molecule has 1 rings (SSSR count). The van der Waals surface area contributed by atoms with Crippen LogP contribution in [0.4, 0.5) is 0 Å². The van der Waals surface area contributed by atoms with Crippen LogP contribution in [0.3, 0.4) is 0 Å². The van der Waals surface area contributed by atoms with Crippen molar-refractivity contribution in [1.29, 1.82) is 0 Å². The topological polar surface area (TPSA) is 49.3 Å². The fraction of sp³-hybridized carbons (Fsp3) is 0.250. The van der Waals surface area contributed by atoms with Crippen LogP contribution >= 0.6 is 15.9 Å². The zero-order valence-electron chi connectivity index (χ0n) is 8.98. The summed E-state index contributed by atoms with van der Waals surface area (Å²) >= 11 is 3.34. The number of hydrogen-bond donors (Lipinski definition) is 2. The minimum atomic E-state index is -0.220. The standard InChI is InChI=1S/C12H14BrNO2/c1-9(8-15)14-12(16)7-4-10-2-5-11(13)6-3-10/h2-7,9,15H,8H2,1H3,(H,14,16)/t9-/m0/s1. The summed E-state index contributed by atoms with van der Waals surface area (Å²) < 4.78 is 1.00. The van der Waals surface area contributed by atoms with Crippen LogP contribution in [0.5, 0.6) is 0 Å². The van der Waals surface area contributed by atoms with Gasteiger partial charge in [-0.25, -0.2) is 0 Å². The van der Waals surface area contributed by atoms with Crippen molar-refractivity contribution in [2.24, 2.45) is 0 Å². The summed E-state index contributed by atoms with van der Waals surface area (Å²) in [5, 5.41) is 11.4. The minimum Gasteiger partial charge on any atom is -0.394 e. The van der Waals surface area contributed by atoms with Crippen LogP contribution < -0.4 is 5.32 Å². The number of rotatable bonds is 4. The number of halogens is 1.